The number of hydrogen-bond acceptors (Lipinski definition) is 5. The maximum absolute atomic E-state index is 12.3. The zero-order valence-corrected chi connectivity index (χ0v) is 21.3. The van der Waals surface area contributed by atoms with E-state index in [-0.39, 0.29) is 30.0 Å². The molecule has 0 saturated carbocycles. The van der Waals surface area contributed by atoms with Crippen molar-refractivity contribution in [3.63, 3.8) is 0 Å². The molecule has 0 radical (unpaired) electrons. The molecule has 1 aromatic heterocycles. The molecule has 1 amide bonds. The number of nitrogens with zero attached hydrogens (tertiary/aromatic N) is 2. The van der Waals surface area contributed by atoms with Gasteiger partial charge in [-0.05, 0) is 32.8 Å². The average Bonchev–Trinajstić information content (AvgIpc) is 3.14. The van der Waals surface area contributed by atoms with E-state index in [0.29, 0.717) is 19.0 Å². The molecule has 9 heteroatoms. The predicted octanol–water partition coefficient (Wildman–Crippen LogP) is 4.25. The Kier molecular flexibility index (Phi) is 11.1. The highest BCUT2D eigenvalue weighted by atomic mass is 127. The van der Waals surface area contributed by atoms with Crippen LogP contribution in [0.25, 0.3) is 0 Å². The smallest absolute Gasteiger partial charge is 0.408 e. The third kappa shape index (κ3) is 9.29. The lowest BCUT2D eigenvalue weighted by Crippen LogP contribution is -2.44. The normalized spacial score (nSPS) is 12.5. The van der Waals surface area contributed by atoms with Crippen LogP contribution in [0.4, 0.5) is 4.79 Å². The van der Waals surface area contributed by atoms with Crippen LogP contribution >= 0.6 is 35.3 Å². The van der Waals surface area contributed by atoms with Gasteiger partial charge in [-0.25, -0.2) is 9.78 Å². The summed E-state index contributed by atoms with van der Waals surface area (Å²) in [5.41, 5.74) is 0.426. The van der Waals surface area contributed by atoms with Gasteiger partial charge in [-0.15, -0.1) is 35.3 Å². The van der Waals surface area contributed by atoms with Crippen molar-refractivity contribution >= 4 is 47.4 Å². The molecule has 0 bridgehead atoms. The number of aryl methyl sites for hydroxylation is 1. The van der Waals surface area contributed by atoms with Crippen LogP contribution in [-0.2, 0) is 17.7 Å². The molecule has 30 heavy (non-hydrogen) atoms. The first-order valence-electron chi connectivity index (χ1n) is 9.73. The fourth-order valence-corrected chi connectivity index (χ4v) is 3.36. The zero-order valence-electron chi connectivity index (χ0n) is 18.2. The zero-order chi connectivity index (χ0) is 21.3. The fourth-order valence-electron chi connectivity index (χ4n) is 2.56. The SMILES string of the molecule is CCc1cnc(CNC(=NC)NCC(NC(=O)OC(C)(C)C)c2ccccc2)s1.I. The molecule has 2 rings (SSSR count). The van der Waals surface area contributed by atoms with Crippen LogP contribution in [0, 0.1) is 0 Å². The summed E-state index contributed by atoms with van der Waals surface area (Å²) in [5, 5.41) is 10.5. The molecular weight excluding hydrogens is 513 g/mol. The Morgan fingerprint density at radius 2 is 1.93 bits per heavy atom. The Bertz CT molecular complexity index is 805. The van der Waals surface area contributed by atoms with Crippen LogP contribution < -0.4 is 16.0 Å². The quantitative estimate of drug-likeness (QED) is 0.275. The Balaban J connectivity index is 0.00000450. The van der Waals surface area contributed by atoms with E-state index in [4.69, 9.17) is 4.74 Å². The summed E-state index contributed by atoms with van der Waals surface area (Å²) in [7, 11) is 1.72. The molecule has 0 spiro atoms. The number of hydrogen-bond donors (Lipinski definition) is 3. The molecule has 2 aromatic rings. The second kappa shape index (κ2) is 12.7. The molecule has 1 heterocycles. The van der Waals surface area contributed by atoms with Gasteiger partial charge in [0.15, 0.2) is 5.96 Å². The van der Waals surface area contributed by atoms with Gasteiger partial charge in [0.05, 0.1) is 12.6 Å². The van der Waals surface area contributed by atoms with Crippen molar-refractivity contribution in [2.45, 2.75) is 52.3 Å². The van der Waals surface area contributed by atoms with E-state index in [1.54, 1.807) is 18.4 Å². The minimum Gasteiger partial charge on any atom is -0.444 e. The van der Waals surface area contributed by atoms with Gasteiger partial charge in [-0.1, -0.05) is 37.3 Å². The third-order valence-electron chi connectivity index (χ3n) is 3.95. The fraction of sp³-hybridized carbons (Fsp3) is 0.476. The van der Waals surface area contributed by atoms with Gasteiger partial charge in [0.25, 0.3) is 0 Å². The number of thiazole rings is 1. The van der Waals surface area contributed by atoms with Gasteiger partial charge in [-0.3, -0.25) is 4.99 Å². The molecule has 7 nitrogen and oxygen atoms in total. The molecule has 1 atom stereocenters. The second-order valence-electron chi connectivity index (χ2n) is 7.49. The largest absolute Gasteiger partial charge is 0.444 e. The van der Waals surface area contributed by atoms with Crippen LogP contribution in [0.15, 0.2) is 41.5 Å². The Morgan fingerprint density at radius 1 is 1.23 bits per heavy atom. The summed E-state index contributed by atoms with van der Waals surface area (Å²) >= 11 is 1.69. The molecule has 3 N–H and O–H groups in total. The number of guanidine groups is 1. The van der Waals surface area contributed by atoms with Gasteiger partial charge in [0, 0.05) is 24.7 Å². The molecular formula is C21H32IN5O2S. The summed E-state index contributed by atoms with van der Waals surface area (Å²) in [4.78, 5) is 22.2. The van der Waals surface area contributed by atoms with Gasteiger partial charge in [0.2, 0.25) is 0 Å². The Labute approximate surface area is 200 Å². The molecule has 0 fully saturated rings. The third-order valence-corrected chi connectivity index (χ3v) is 5.09. The van der Waals surface area contributed by atoms with Crippen LogP contribution in [0.3, 0.4) is 0 Å². The number of ether oxygens (including phenoxy) is 1. The monoisotopic (exact) mass is 545 g/mol. The Morgan fingerprint density at radius 3 is 2.50 bits per heavy atom. The van der Waals surface area contributed by atoms with Crippen molar-refractivity contribution < 1.29 is 9.53 Å². The van der Waals surface area contributed by atoms with E-state index >= 15 is 0 Å². The van der Waals surface area contributed by atoms with Gasteiger partial charge in [-0.2, -0.15) is 0 Å². The molecule has 1 aromatic carbocycles. The number of benzene rings is 1. The summed E-state index contributed by atoms with van der Waals surface area (Å²) in [6, 6.07) is 9.51. The summed E-state index contributed by atoms with van der Waals surface area (Å²) in [6.07, 6.45) is 2.44. The number of halogens is 1. The van der Waals surface area contributed by atoms with E-state index in [2.05, 4.69) is 32.9 Å². The number of rotatable bonds is 7. The van der Waals surface area contributed by atoms with E-state index in [0.717, 1.165) is 17.0 Å². The van der Waals surface area contributed by atoms with Crippen molar-refractivity contribution in [1.82, 2.24) is 20.9 Å². The standard InChI is InChI=1S/C21H31N5O2S.HI/c1-6-16-12-23-18(29-16)14-25-19(22-5)24-13-17(15-10-8-7-9-11-15)26-20(27)28-21(2,3)4;/h7-12,17H,6,13-14H2,1-5H3,(H,26,27)(H2,22,24,25);1H. The van der Waals surface area contributed by atoms with Crippen LogP contribution in [0.1, 0.15) is 49.2 Å². The van der Waals surface area contributed by atoms with Crippen LogP contribution in [-0.4, -0.2) is 36.2 Å². The van der Waals surface area contributed by atoms with Crippen molar-refractivity contribution in [1.29, 1.82) is 0 Å². The maximum Gasteiger partial charge on any atom is 0.408 e. The van der Waals surface area contributed by atoms with E-state index < -0.39 is 11.7 Å². The minimum atomic E-state index is -0.554. The highest BCUT2D eigenvalue weighted by Gasteiger charge is 2.20. The number of aromatic nitrogens is 1. The molecule has 0 saturated heterocycles. The summed E-state index contributed by atoms with van der Waals surface area (Å²) in [6.45, 7) is 8.71. The second-order valence-corrected chi connectivity index (χ2v) is 8.69. The van der Waals surface area contributed by atoms with Gasteiger partial charge < -0.3 is 20.7 Å². The lowest BCUT2D eigenvalue weighted by atomic mass is 10.1. The number of amides is 1. The number of aliphatic imine (C=N–C) groups is 1. The molecule has 0 aliphatic heterocycles. The molecule has 1 unspecified atom stereocenters. The van der Waals surface area contributed by atoms with Crippen molar-refractivity contribution in [2.75, 3.05) is 13.6 Å². The van der Waals surface area contributed by atoms with Crippen LogP contribution in [0.2, 0.25) is 0 Å². The number of carbonyl (C=O) groups is 1. The molecule has 0 aliphatic rings. The highest BCUT2D eigenvalue weighted by molar-refractivity contribution is 14.0. The van der Waals surface area contributed by atoms with Crippen molar-refractivity contribution in [3.8, 4) is 0 Å². The van der Waals surface area contributed by atoms with Gasteiger partial charge >= 0.3 is 6.09 Å². The lowest BCUT2D eigenvalue weighted by Gasteiger charge is -2.24. The highest BCUT2D eigenvalue weighted by Crippen LogP contribution is 2.15. The molecule has 0 aliphatic carbocycles. The number of nitrogens with one attached hydrogen (secondary N) is 3. The van der Waals surface area contributed by atoms with Crippen LogP contribution in [0.5, 0.6) is 0 Å². The number of carbonyl (C=O) groups excluding carboxylic acids is 1. The first-order valence-corrected chi connectivity index (χ1v) is 10.5. The Hall–Kier alpha value is -1.88. The minimum absolute atomic E-state index is 0. The first kappa shape index (κ1) is 26.2. The van der Waals surface area contributed by atoms with Gasteiger partial charge in [0.1, 0.15) is 10.6 Å². The van der Waals surface area contributed by atoms with Crippen molar-refractivity contribution in [3.05, 3.63) is 52.0 Å². The summed E-state index contributed by atoms with van der Waals surface area (Å²) < 4.78 is 5.41. The van der Waals surface area contributed by atoms with Crippen molar-refractivity contribution in [2.24, 2.45) is 4.99 Å². The lowest BCUT2D eigenvalue weighted by molar-refractivity contribution is 0.0504. The summed E-state index contributed by atoms with van der Waals surface area (Å²) in [5.74, 6) is 0.644. The van der Waals surface area contributed by atoms with E-state index in [9.17, 15) is 4.79 Å². The topological polar surface area (TPSA) is 87.6 Å². The maximum atomic E-state index is 12.3. The number of alkyl carbamates (subject to hydrolysis) is 1. The molecule has 166 valence electrons. The predicted molar refractivity (Wildman–Crippen MR) is 134 cm³/mol. The first-order chi connectivity index (χ1) is 13.8. The van der Waals surface area contributed by atoms with E-state index in [1.165, 1.54) is 4.88 Å². The average molecular weight is 545 g/mol. The van der Waals surface area contributed by atoms with E-state index in [1.807, 2.05) is 57.3 Å².